The van der Waals surface area contributed by atoms with Gasteiger partial charge in [0.25, 0.3) is 0 Å². The molecule has 5 heteroatoms. The molecule has 0 atom stereocenters. The average Bonchev–Trinajstić information content (AvgIpc) is 2.65. The third-order valence-electron chi connectivity index (χ3n) is 4.32. The summed E-state index contributed by atoms with van der Waals surface area (Å²) in [6.45, 7) is 2.54. The lowest BCUT2D eigenvalue weighted by Gasteiger charge is -2.28. The minimum Gasteiger partial charge on any atom is -0.372 e. The Morgan fingerprint density at radius 1 is 1.04 bits per heavy atom. The maximum absolute atomic E-state index is 12.0. The van der Waals surface area contributed by atoms with Crippen LogP contribution in [0, 0.1) is 0 Å². The second kappa shape index (κ2) is 8.88. The van der Waals surface area contributed by atoms with Gasteiger partial charge in [-0.25, -0.2) is 0 Å². The average molecular weight is 359 g/mol. The van der Waals surface area contributed by atoms with Crippen molar-refractivity contribution in [3.05, 3.63) is 59.1 Å². The fourth-order valence-corrected chi connectivity index (χ4v) is 3.16. The van der Waals surface area contributed by atoms with E-state index in [1.54, 1.807) is 0 Å². The number of amides is 1. The number of nitrogens with one attached hydrogen (secondary N) is 1. The zero-order valence-electron chi connectivity index (χ0n) is 14.2. The lowest BCUT2D eigenvalue weighted by atomic mass is 10.1. The summed E-state index contributed by atoms with van der Waals surface area (Å²) in [4.78, 5) is 14.4. The molecule has 0 aliphatic carbocycles. The van der Waals surface area contributed by atoms with E-state index in [1.807, 2.05) is 36.4 Å². The summed E-state index contributed by atoms with van der Waals surface area (Å²) < 4.78 is 5.45. The third kappa shape index (κ3) is 5.21. The molecule has 1 aliphatic heterocycles. The predicted molar refractivity (Wildman–Crippen MR) is 102 cm³/mol. The second-order valence-electron chi connectivity index (χ2n) is 6.23. The van der Waals surface area contributed by atoms with Crippen LogP contribution in [0.25, 0.3) is 0 Å². The van der Waals surface area contributed by atoms with Gasteiger partial charge in [-0.1, -0.05) is 29.8 Å². The highest BCUT2D eigenvalue weighted by Gasteiger charge is 2.11. The van der Waals surface area contributed by atoms with Gasteiger partial charge in [-0.05, 0) is 55.2 Å². The van der Waals surface area contributed by atoms with Crippen molar-refractivity contribution in [2.24, 2.45) is 0 Å². The topological polar surface area (TPSA) is 41.6 Å². The third-order valence-corrected chi connectivity index (χ3v) is 4.69. The van der Waals surface area contributed by atoms with E-state index in [-0.39, 0.29) is 12.5 Å². The number of carbonyl (C=O) groups is 1. The first-order chi connectivity index (χ1) is 12.2. The van der Waals surface area contributed by atoms with E-state index in [0.717, 1.165) is 24.3 Å². The van der Waals surface area contributed by atoms with E-state index in [4.69, 9.17) is 16.3 Å². The number of anilines is 2. The number of carbonyl (C=O) groups excluding carboxylic acids is 1. The SMILES string of the molecule is O=C(COCc1ccccc1Cl)Nc1ccc(N2CCCCC2)cc1. The normalized spacial score (nSPS) is 14.4. The molecule has 2 aromatic rings. The number of halogens is 1. The minimum absolute atomic E-state index is 0.000893. The molecule has 1 N–H and O–H groups in total. The summed E-state index contributed by atoms with van der Waals surface area (Å²) in [5.41, 5.74) is 2.88. The molecule has 1 heterocycles. The number of nitrogens with zero attached hydrogens (tertiary/aromatic N) is 1. The van der Waals surface area contributed by atoms with E-state index in [2.05, 4.69) is 22.3 Å². The first-order valence-corrected chi connectivity index (χ1v) is 9.06. The largest absolute Gasteiger partial charge is 0.372 e. The van der Waals surface area contributed by atoms with Crippen molar-refractivity contribution in [2.45, 2.75) is 25.9 Å². The molecule has 4 nitrogen and oxygen atoms in total. The van der Waals surface area contributed by atoms with Crippen LogP contribution in [0.5, 0.6) is 0 Å². The Morgan fingerprint density at radius 2 is 1.76 bits per heavy atom. The van der Waals surface area contributed by atoms with Gasteiger partial charge in [-0.2, -0.15) is 0 Å². The van der Waals surface area contributed by atoms with Crippen LogP contribution in [-0.4, -0.2) is 25.6 Å². The van der Waals surface area contributed by atoms with Crippen molar-refractivity contribution >= 4 is 28.9 Å². The molecule has 1 amide bonds. The number of hydrogen-bond acceptors (Lipinski definition) is 3. The number of ether oxygens (including phenoxy) is 1. The van der Waals surface area contributed by atoms with Crippen LogP contribution in [0.15, 0.2) is 48.5 Å². The van der Waals surface area contributed by atoms with Crippen molar-refractivity contribution in [1.82, 2.24) is 0 Å². The summed E-state index contributed by atoms with van der Waals surface area (Å²) in [6, 6.07) is 15.5. The van der Waals surface area contributed by atoms with Gasteiger partial charge in [0.05, 0.1) is 6.61 Å². The van der Waals surface area contributed by atoms with Gasteiger partial charge in [-0.15, -0.1) is 0 Å². The van der Waals surface area contributed by atoms with Crippen molar-refractivity contribution in [3.8, 4) is 0 Å². The smallest absolute Gasteiger partial charge is 0.250 e. The van der Waals surface area contributed by atoms with Crippen LogP contribution in [0.3, 0.4) is 0 Å². The van der Waals surface area contributed by atoms with Crippen LogP contribution in [-0.2, 0) is 16.1 Å². The van der Waals surface area contributed by atoms with E-state index in [1.165, 1.54) is 24.9 Å². The van der Waals surface area contributed by atoms with E-state index in [0.29, 0.717) is 11.6 Å². The molecule has 1 fully saturated rings. The molecule has 25 heavy (non-hydrogen) atoms. The quantitative estimate of drug-likeness (QED) is 0.827. The number of rotatable bonds is 6. The molecule has 0 radical (unpaired) electrons. The van der Waals surface area contributed by atoms with Gasteiger partial charge in [0.15, 0.2) is 0 Å². The molecular weight excluding hydrogens is 336 g/mol. The summed E-state index contributed by atoms with van der Waals surface area (Å²) >= 11 is 6.06. The van der Waals surface area contributed by atoms with Crippen molar-refractivity contribution in [3.63, 3.8) is 0 Å². The zero-order valence-corrected chi connectivity index (χ0v) is 15.0. The van der Waals surface area contributed by atoms with E-state index in [9.17, 15) is 4.79 Å². The minimum atomic E-state index is -0.169. The monoisotopic (exact) mass is 358 g/mol. The van der Waals surface area contributed by atoms with E-state index < -0.39 is 0 Å². The fraction of sp³-hybridized carbons (Fsp3) is 0.350. The van der Waals surface area contributed by atoms with Gasteiger partial charge in [-0.3, -0.25) is 4.79 Å². The van der Waals surface area contributed by atoms with Gasteiger partial charge in [0, 0.05) is 29.5 Å². The predicted octanol–water partition coefficient (Wildman–Crippen LogP) is 4.49. The molecule has 0 saturated carbocycles. The van der Waals surface area contributed by atoms with Crippen LogP contribution in [0.4, 0.5) is 11.4 Å². The van der Waals surface area contributed by atoms with Crippen LogP contribution in [0.2, 0.25) is 5.02 Å². The number of piperidine rings is 1. The number of hydrogen-bond donors (Lipinski definition) is 1. The standard InChI is InChI=1S/C20H23ClN2O2/c21-19-7-3-2-6-16(19)14-25-15-20(24)22-17-8-10-18(11-9-17)23-12-4-1-5-13-23/h2-3,6-11H,1,4-5,12-15H2,(H,22,24). The van der Waals surface area contributed by atoms with Crippen LogP contribution < -0.4 is 10.2 Å². The Bertz CT molecular complexity index is 697. The molecule has 3 rings (SSSR count). The van der Waals surface area contributed by atoms with Crippen LogP contribution >= 0.6 is 11.6 Å². The Labute approximate surface area is 153 Å². The van der Waals surface area contributed by atoms with Crippen molar-refractivity contribution < 1.29 is 9.53 Å². The first kappa shape index (κ1) is 17.8. The first-order valence-electron chi connectivity index (χ1n) is 8.68. The molecule has 0 unspecified atom stereocenters. The van der Waals surface area contributed by atoms with Crippen LogP contribution in [0.1, 0.15) is 24.8 Å². The van der Waals surface area contributed by atoms with Crippen molar-refractivity contribution in [2.75, 3.05) is 29.9 Å². The zero-order chi connectivity index (χ0) is 17.5. The Kier molecular flexibility index (Phi) is 6.31. The highest BCUT2D eigenvalue weighted by Crippen LogP contribution is 2.22. The Morgan fingerprint density at radius 3 is 2.48 bits per heavy atom. The Hall–Kier alpha value is -2.04. The highest BCUT2D eigenvalue weighted by atomic mass is 35.5. The molecule has 132 valence electrons. The molecule has 1 saturated heterocycles. The van der Waals surface area contributed by atoms with E-state index >= 15 is 0 Å². The molecule has 0 spiro atoms. The number of benzene rings is 2. The maximum atomic E-state index is 12.0. The molecule has 2 aromatic carbocycles. The fourth-order valence-electron chi connectivity index (χ4n) is 2.97. The summed E-state index contributed by atoms with van der Waals surface area (Å²) in [5.74, 6) is -0.169. The van der Waals surface area contributed by atoms with Gasteiger partial charge >= 0.3 is 0 Å². The lowest BCUT2D eigenvalue weighted by molar-refractivity contribution is -0.121. The van der Waals surface area contributed by atoms with Gasteiger partial charge in [0.1, 0.15) is 6.61 Å². The lowest BCUT2D eigenvalue weighted by Crippen LogP contribution is -2.29. The highest BCUT2D eigenvalue weighted by molar-refractivity contribution is 6.31. The van der Waals surface area contributed by atoms with Gasteiger partial charge in [0.2, 0.25) is 5.91 Å². The maximum Gasteiger partial charge on any atom is 0.250 e. The molecule has 1 aliphatic rings. The second-order valence-corrected chi connectivity index (χ2v) is 6.63. The molecular formula is C20H23ClN2O2. The summed E-state index contributed by atoms with van der Waals surface area (Å²) in [7, 11) is 0. The molecule has 0 bridgehead atoms. The van der Waals surface area contributed by atoms with Gasteiger partial charge < -0.3 is 15.0 Å². The summed E-state index contributed by atoms with van der Waals surface area (Å²) in [5, 5.41) is 3.51. The Balaban J connectivity index is 1.45. The molecule has 0 aromatic heterocycles. The summed E-state index contributed by atoms with van der Waals surface area (Å²) in [6.07, 6.45) is 3.82. The van der Waals surface area contributed by atoms with Crippen molar-refractivity contribution in [1.29, 1.82) is 0 Å².